The van der Waals surface area contributed by atoms with Crippen LogP contribution in [0.25, 0.3) is 0 Å². The van der Waals surface area contributed by atoms with Crippen molar-refractivity contribution in [1.29, 1.82) is 0 Å². The van der Waals surface area contributed by atoms with Crippen LogP contribution in [0.2, 0.25) is 0 Å². The molecule has 0 radical (unpaired) electrons. The molecule has 1 amide bonds. The Hall–Kier alpha value is -0.700. The Morgan fingerprint density at radius 1 is 1.52 bits per heavy atom. The average molecular weight is 332 g/mol. The van der Waals surface area contributed by atoms with Crippen molar-refractivity contribution in [2.45, 2.75) is 18.4 Å². The molecule has 21 heavy (non-hydrogen) atoms. The molecular weight excluding hydrogens is 312 g/mol. The number of aliphatic hydroxyl groups is 1. The number of fused-ring (bicyclic) bond motifs is 1. The summed E-state index contributed by atoms with van der Waals surface area (Å²) in [7, 11) is 6.20. The van der Waals surface area contributed by atoms with E-state index in [0.717, 1.165) is 16.8 Å². The minimum atomic E-state index is -1.32. The lowest BCUT2D eigenvalue weighted by molar-refractivity contribution is -0.867. The third-order valence-corrected chi connectivity index (χ3v) is 6.09. The van der Waals surface area contributed by atoms with Crippen molar-refractivity contribution in [3.05, 3.63) is 9.93 Å². The number of quaternary nitrogens is 1. The maximum absolute atomic E-state index is 12.0. The number of carboxylic acids is 1. The molecule has 8 heteroatoms. The van der Waals surface area contributed by atoms with E-state index in [1.807, 2.05) is 0 Å². The lowest BCUT2D eigenvalue weighted by Gasteiger charge is -2.44. The number of amides is 1. The molecule has 3 atom stereocenters. The van der Waals surface area contributed by atoms with E-state index in [4.69, 9.17) is 0 Å². The van der Waals surface area contributed by atoms with Crippen LogP contribution in [-0.2, 0) is 9.59 Å². The van der Waals surface area contributed by atoms with Crippen LogP contribution in [0.4, 0.5) is 0 Å². The SMILES string of the molecule is C[C@@H](O)[C@H]1C(=O)N2C(C(=O)[O-])=C(SCC[N+](C)(C)C)S[C@H]12. The molecule has 2 heterocycles. The third-order valence-electron chi connectivity index (χ3n) is 3.45. The first-order valence-electron chi connectivity index (χ1n) is 6.70. The minimum Gasteiger partial charge on any atom is -0.543 e. The largest absolute Gasteiger partial charge is 0.543 e. The third kappa shape index (κ3) is 3.23. The number of carbonyl (C=O) groups excluding carboxylic acids is 2. The lowest BCUT2D eigenvalue weighted by Crippen LogP contribution is -2.61. The van der Waals surface area contributed by atoms with Gasteiger partial charge in [0.05, 0.1) is 55.6 Å². The highest BCUT2D eigenvalue weighted by atomic mass is 32.2. The van der Waals surface area contributed by atoms with Gasteiger partial charge in [-0.15, -0.1) is 11.8 Å². The number of hydrogen-bond acceptors (Lipinski definition) is 6. The highest BCUT2D eigenvalue weighted by Gasteiger charge is 2.56. The lowest BCUT2D eigenvalue weighted by atomic mass is 9.92. The molecule has 0 saturated carbocycles. The number of aliphatic hydroxyl groups excluding tert-OH is 1. The van der Waals surface area contributed by atoms with Crippen molar-refractivity contribution < 1.29 is 24.3 Å². The Labute approximate surface area is 132 Å². The summed E-state index contributed by atoms with van der Waals surface area (Å²) in [5.41, 5.74) is -0.0293. The van der Waals surface area contributed by atoms with Gasteiger partial charge in [-0.1, -0.05) is 11.8 Å². The minimum absolute atomic E-state index is 0.0293. The highest BCUT2D eigenvalue weighted by Crippen LogP contribution is 2.53. The van der Waals surface area contributed by atoms with Crippen LogP contribution in [0.15, 0.2) is 9.93 Å². The fraction of sp³-hybridized carbons (Fsp3) is 0.692. The zero-order valence-electron chi connectivity index (χ0n) is 12.5. The molecule has 0 unspecified atom stereocenters. The van der Waals surface area contributed by atoms with Gasteiger partial charge in [0.25, 0.3) is 0 Å². The standard InChI is InChI=1S/C13H20N2O4S2/c1-7(16)8-10(17)14-9(12(18)19)13(21-11(8)14)20-6-5-15(2,3)4/h7-8,11,16H,5-6H2,1-4H3/t7-,8+,11-/m1/s1. The van der Waals surface area contributed by atoms with E-state index in [0.29, 0.717) is 4.24 Å². The maximum Gasteiger partial charge on any atom is 0.236 e. The number of aliphatic carboxylic acids is 1. The summed E-state index contributed by atoms with van der Waals surface area (Å²) < 4.78 is 1.40. The topological polar surface area (TPSA) is 80.7 Å². The van der Waals surface area contributed by atoms with Crippen LogP contribution >= 0.6 is 23.5 Å². The molecule has 1 N–H and O–H groups in total. The molecule has 1 fully saturated rings. The summed E-state index contributed by atoms with van der Waals surface area (Å²) in [6.07, 6.45) is -0.773. The van der Waals surface area contributed by atoms with E-state index in [9.17, 15) is 19.8 Å². The van der Waals surface area contributed by atoms with Gasteiger partial charge in [0.2, 0.25) is 5.91 Å². The Morgan fingerprint density at radius 3 is 2.62 bits per heavy atom. The van der Waals surface area contributed by atoms with E-state index >= 15 is 0 Å². The molecule has 2 aliphatic rings. The first kappa shape index (κ1) is 16.7. The second-order valence-electron chi connectivity index (χ2n) is 6.27. The molecule has 0 aromatic heterocycles. The summed E-state index contributed by atoms with van der Waals surface area (Å²) in [5.74, 6) is -1.42. The van der Waals surface area contributed by atoms with Crippen LogP contribution in [0.1, 0.15) is 6.92 Å². The summed E-state index contributed by atoms with van der Waals surface area (Å²) in [5, 5.41) is 20.7. The average Bonchev–Trinajstić information content (AvgIpc) is 2.61. The van der Waals surface area contributed by atoms with E-state index in [-0.39, 0.29) is 17.0 Å². The molecule has 0 bridgehead atoms. The first-order chi connectivity index (χ1) is 9.63. The Morgan fingerprint density at radius 2 is 2.14 bits per heavy atom. The van der Waals surface area contributed by atoms with Crippen LogP contribution in [-0.4, -0.2) is 71.3 Å². The van der Waals surface area contributed by atoms with Gasteiger partial charge in [-0.25, -0.2) is 0 Å². The highest BCUT2D eigenvalue weighted by molar-refractivity contribution is 8.22. The van der Waals surface area contributed by atoms with Crippen LogP contribution in [0, 0.1) is 5.92 Å². The number of rotatable bonds is 6. The molecular formula is C13H20N2O4S2. The summed E-state index contributed by atoms with van der Waals surface area (Å²) in [4.78, 5) is 24.6. The van der Waals surface area contributed by atoms with Crippen molar-refractivity contribution >= 4 is 35.4 Å². The van der Waals surface area contributed by atoms with Gasteiger partial charge < -0.3 is 19.5 Å². The van der Waals surface area contributed by atoms with Crippen molar-refractivity contribution in [2.75, 3.05) is 33.4 Å². The van der Waals surface area contributed by atoms with Crippen LogP contribution in [0.5, 0.6) is 0 Å². The maximum atomic E-state index is 12.0. The van der Waals surface area contributed by atoms with Crippen LogP contribution in [0.3, 0.4) is 0 Å². The molecule has 2 rings (SSSR count). The number of hydrogen-bond donors (Lipinski definition) is 1. The molecule has 0 aromatic carbocycles. The number of carbonyl (C=O) groups is 2. The molecule has 6 nitrogen and oxygen atoms in total. The van der Waals surface area contributed by atoms with Gasteiger partial charge in [0.1, 0.15) is 5.37 Å². The van der Waals surface area contributed by atoms with E-state index in [2.05, 4.69) is 21.1 Å². The summed E-state index contributed by atoms with van der Waals surface area (Å²) >= 11 is 2.79. The van der Waals surface area contributed by atoms with Gasteiger partial charge in [0.15, 0.2) is 0 Å². The van der Waals surface area contributed by atoms with Crippen molar-refractivity contribution in [3.8, 4) is 0 Å². The zero-order valence-corrected chi connectivity index (χ0v) is 14.2. The predicted molar refractivity (Wildman–Crippen MR) is 80.8 cm³/mol. The van der Waals surface area contributed by atoms with Crippen molar-refractivity contribution in [2.24, 2.45) is 5.92 Å². The molecule has 0 spiro atoms. The second-order valence-corrected chi connectivity index (χ2v) is 8.76. The summed E-state index contributed by atoms with van der Waals surface area (Å²) in [6, 6.07) is 0. The van der Waals surface area contributed by atoms with Crippen molar-refractivity contribution in [3.63, 3.8) is 0 Å². The molecule has 0 aliphatic carbocycles. The Balaban J connectivity index is 2.10. The van der Waals surface area contributed by atoms with Gasteiger partial charge in [-0.3, -0.25) is 9.69 Å². The predicted octanol–water partition coefficient (Wildman–Crippen LogP) is -0.743. The number of nitrogens with zero attached hydrogens (tertiary/aromatic N) is 2. The quantitative estimate of drug-likeness (QED) is 0.510. The van der Waals surface area contributed by atoms with E-state index in [1.165, 1.54) is 28.4 Å². The smallest absolute Gasteiger partial charge is 0.236 e. The van der Waals surface area contributed by atoms with Gasteiger partial charge in [-0.2, -0.15) is 0 Å². The fourth-order valence-electron chi connectivity index (χ4n) is 2.25. The molecule has 0 aromatic rings. The Bertz CT molecular complexity index is 499. The molecule has 1 saturated heterocycles. The van der Waals surface area contributed by atoms with Gasteiger partial charge in [0, 0.05) is 5.75 Å². The number of β-lactam (4-membered cyclic amide) rings is 1. The van der Waals surface area contributed by atoms with E-state index in [1.54, 1.807) is 6.92 Å². The monoisotopic (exact) mass is 332 g/mol. The second kappa shape index (κ2) is 5.83. The molecule has 118 valence electrons. The number of carboxylic acid groups (broad SMARTS) is 1. The Kier molecular flexibility index (Phi) is 4.63. The first-order valence-corrected chi connectivity index (χ1v) is 8.56. The van der Waals surface area contributed by atoms with E-state index < -0.39 is 18.0 Å². The van der Waals surface area contributed by atoms with Crippen LogP contribution < -0.4 is 5.11 Å². The normalized spacial score (nSPS) is 26.7. The van der Waals surface area contributed by atoms with Gasteiger partial charge >= 0.3 is 0 Å². The number of thioether (sulfide) groups is 2. The fourth-order valence-corrected chi connectivity index (χ4v) is 5.53. The zero-order chi connectivity index (χ0) is 15.9. The molecule has 2 aliphatic heterocycles. The summed E-state index contributed by atoms with van der Waals surface area (Å²) in [6.45, 7) is 2.44. The van der Waals surface area contributed by atoms with Gasteiger partial charge in [-0.05, 0) is 6.92 Å². The van der Waals surface area contributed by atoms with Crippen molar-refractivity contribution in [1.82, 2.24) is 4.90 Å².